The molecule has 1 heterocycles. The smallest absolute Gasteiger partial charge is 0.329 e. The molecule has 3 aromatic rings. The van der Waals surface area contributed by atoms with Crippen molar-refractivity contribution in [3.05, 3.63) is 71.0 Å². The monoisotopic (exact) mass is 462 g/mol. The molecule has 178 valence electrons. The number of carboxylic acid groups (broad SMARTS) is 1. The quantitative estimate of drug-likeness (QED) is 0.504. The number of carbonyl (C=O) groups is 1. The summed E-state index contributed by atoms with van der Waals surface area (Å²) in [5.74, 6) is 0.552. The summed E-state index contributed by atoms with van der Waals surface area (Å²) in [7, 11) is 1.63. The highest BCUT2D eigenvalue weighted by atomic mass is 16.5. The van der Waals surface area contributed by atoms with Crippen LogP contribution in [0.4, 0.5) is 0 Å². The normalized spacial score (nSPS) is 17.9. The van der Waals surface area contributed by atoms with Crippen LogP contribution in [-0.4, -0.2) is 41.2 Å². The molecule has 1 fully saturated rings. The predicted octanol–water partition coefficient (Wildman–Crippen LogP) is 4.49. The zero-order chi connectivity index (χ0) is 23.9. The number of carboxylic acids is 1. The van der Waals surface area contributed by atoms with Crippen molar-refractivity contribution in [1.29, 1.82) is 0 Å². The highest BCUT2D eigenvalue weighted by Gasteiger charge is 2.23. The van der Waals surface area contributed by atoms with Gasteiger partial charge in [0, 0.05) is 23.7 Å². The van der Waals surface area contributed by atoms with Gasteiger partial charge in [-0.2, -0.15) is 5.10 Å². The molecule has 0 bridgehead atoms. The van der Waals surface area contributed by atoms with Crippen molar-refractivity contribution in [2.45, 2.75) is 32.2 Å². The summed E-state index contributed by atoms with van der Waals surface area (Å²) in [6.45, 7) is 0.797. The standard InChI is InChI=1S/C27H30N2O5/c1-33-23-13-11-22(12-14-23)27-24(21-5-3-2-4-6-21)15-25(30)29(28-27)16-19-7-9-20(10-8-19)17-34-18-26(31)32/h2-6,11-15,19-20H,7-10,16-18H2,1H3,(H,31,32)/t19-,20-. The SMILES string of the molecule is COc1ccc(-c2nn(C[C@H]3CC[C@H](COCC(=O)O)CC3)c(=O)cc2-c2ccccc2)cc1. The van der Waals surface area contributed by atoms with Gasteiger partial charge in [0.25, 0.3) is 5.56 Å². The summed E-state index contributed by atoms with van der Waals surface area (Å²) in [6.07, 6.45) is 3.86. The largest absolute Gasteiger partial charge is 0.497 e. The molecule has 7 heteroatoms. The topological polar surface area (TPSA) is 90.7 Å². The molecule has 0 radical (unpaired) electrons. The fraction of sp³-hybridized carbons (Fsp3) is 0.370. The first-order chi connectivity index (χ1) is 16.5. The van der Waals surface area contributed by atoms with Crippen LogP contribution in [0.2, 0.25) is 0 Å². The summed E-state index contributed by atoms with van der Waals surface area (Å²) in [5, 5.41) is 13.6. The highest BCUT2D eigenvalue weighted by molar-refractivity contribution is 5.80. The van der Waals surface area contributed by atoms with E-state index in [1.165, 1.54) is 0 Å². The number of aliphatic carboxylic acids is 1. The Bertz CT molecular complexity index is 1150. The van der Waals surface area contributed by atoms with Crippen LogP contribution >= 0.6 is 0 Å². The molecule has 0 saturated heterocycles. The van der Waals surface area contributed by atoms with Crippen LogP contribution in [0.15, 0.2) is 65.5 Å². The number of hydrogen-bond donors (Lipinski definition) is 1. The Morgan fingerprint density at radius 3 is 2.32 bits per heavy atom. The second-order valence-corrected chi connectivity index (χ2v) is 8.82. The number of hydrogen-bond acceptors (Lipinski definition) is 5. The molecule has 7 nitrogen and oxygen atoms in total. The fourth-order valence-electron chi connectivity index (χ4n) is 4.56. The second-order valence-electron chi connectivity index (χ2n) is 8.82. The number of rotatable bonds is 9. The Kier molecular flexibility index (Phi) is 7.75. The van der Waals surface area contributed by atoms with Crippen LogP contribution in [0.5, 0.6) is 5.75 Å². The first-order valence-corrected chi connectivity index (χ1v) is 11.6. The highest BCUT2D eigenvalue weighted by Crippen LogP contribution is 2.32. The molecule has 2 aromatic carbocycles. The molecule has 0 amide bonds. The Labute approximate surface area is 199 Å². The van der Waals surface area contributed by atoms with E-state index in [1.54, 1.807) is 17.9 Å². The average Bonchev–Trinajstić information content (AvgIpc) is 2.86. The summed E-state index contributed by atoms with van der Waals surface area (Å²) < 4.78 is 12.2. The van der Waals surface area contributed by atoms with Crippen molar-refractivity contribution in [3.8, 4) is 28.1 Å². The minimum absolute atomic E-state index is 0.108. The molecule has 1 aliphatic carbocycles. The molecule has 0 aliphatic heterocycles. The molecule has 4 rings (SSSR count). The van der Waals surface area contributed by atoms with E-state index in [1.807, 2.05) is 54.6 Å². The second kappa shape index (κ2) is 11.1. The Morgan fingerprint density at radius 1 is 1.00 bits per heavy atom. The molecule has 34 heavy (non-hydrogen) atoms. The Morgan fingerprint density at radius 2 is 1.68 bits per heavy atom. The van der Waals surface area contributed by atoms with E-state index in [9.17, 15) is 9.59 Å². The van der Waals surface area contributed by atoms with Crippen LogP contribution in [-0.2, 0) is 16.1 Å². The first-order valence-electron chi connectivity index (χ1n) is 11.6. The van der Waals surface area contributed by atoms with Gasteiger partial charge in [0.05, 0.1) is 19.4 Å². The van der Waals surface area contributed by atoms with E-state index >= 15 is 0 Å². The third kappa shape index (κ3) is 5.91. The molecule has 0 spiro atoms. The van der Waals surface area contributed by atoms with Crippen LogP contribution in [0.25, 0.3) is 22.4 Å². The lowest BCUT2D eigenvalue weighted by Gasteiger charge is -2.28. The molecule has 0 unspecified atom stereocenters. The van der Waals surface area contributed by atoms with E-state index in [-0.39, 0.29) is 12.2 Å². The maximum atomic E-state index is 13.0. The van der Waals surface area contributed by atoms with Crippen LogP contribution in [0.1, 0.15) is 25.7 Å². The number of aromatic nitrogens is 2. The molecular weight excluding hydrogens is 432 g/mol. The van der Waals surface area contributed by atoms with Crippen molar-refractivity contribution in [2.24, 2.45) is 11.8 Å². The molecule has 1 aliphatic rings. The van der Waals surface area contributed by atoms with E-state index in [2.05, 4.69) is 0 Å². The first kappa shape index (κ1) is 23.7. The van der Waals surface area contributed by atoms with Crippen LogP contribution in [0, 0.1) is 11.8 Å². The van der Waals surface area contributed by atoms with Gasteiger partial charge < -0.3 is 14.6 Å². The van der Waals surface area contributed by atoms with E-state index in [4.69, 9.17) is 19.7 Å². The van der Waals surface area contributed by atoms with Crippen LogP contribution in [0.3, 0.4) is 0 Å². The Hall–Kier alpha value is -3.45. The lowest BCUT2D eigenvalue weighted by atomic mass is 9.82. The molecule has 1 saturated carbocycles. The van der Waals surface area contributed by atoms with E-state index in [0.29, 0.717) is 25.0 Å². The summed E-state index contributed by atoms with van der Waals surface area (Å²) >= 11 is 0. The molecule has 0 atom stereocenters. The van der Waals surface area contributed by atoms with Gasteiger partial charge >= 0.3 is 5.97 Å². The molecular formula is C27H30N2O5. The zero-order valence-corrected chi connectivity index (χ0v) is 19.4. The van der Waals surface area contributed by atoms with Crippen LogP contribution < -0.4 is 10.3 Å². The van der Waals surface area contributed by atoms with Crippen molar-refractivity contribution in [2.75, 3.05) is 20.3 Å². The summed E-state index contributed by atoms with van der Waals surface area (Å²) in [5.41, 5.74) is 3.35. The van der Waals surface area contributed by atoms with Crippen molar-refractivity contribution >= 4 is 5.97 Å². The van der Waals surface area contributed by atoms with Crippen molar-refractivity contribution < 1.29 is 19.4 Å². The molecule has 1 N–H and O–H groups in total. The van der Waals surface area contributed by atoms with Gasteiger partial charge in [0.1, 0.15) is 12.4 Å². The number of benzene rings is 2. The van der Waals surface area contributed by atoms with E-state index < -0.39 is 5.97 Å². The number of ether oxygens (including phenoxy) is 2. The molecule has 1 aromatic heterocycles. The minimum atomic E-state index is -0.939. The average molecular weight is 463 g/mol. The van der Waals surface area contributed by atoms with E-state index in [0.717, 1.165) is 53.8 Å². The number of methoxy groups -OCH3 is 1. The summed E-state index contributed by atoms with van der Waals surface area (Å²) in [4.78, 5) is 23.7. The van der Waals surface area contributed by atoms with Gasteiger partial charge in [-0.25, -0.2) is 9.48 Å². The fourth-order valence-corrected chi connectivity index (χ4v) is 4.56. The number of nitrogens with zero attached hydrogens (tertiary/aromatic N) is 2. The maximum Gasteiger partial charge on any atom is 0.329 e. The van der Waals surface area contributed by atoms with Crippen molar-refractivity contribution in [3.63, 3.8) is 0 Å². The Balaban J connectivity index is 1.54. The van der Waals surface area contributed by atoms with Crippen molar-refractivity contribution in [1.82, 2.24) is 9.78 Å². The third-order valence-corrected chi connectivity index (χ3v) is 6.42. The van der Waals surface area contributed by atoms with Gasteiger partial charge in [-0.05, 0) is 67.3 Å². The van der Waals surface area contributed by atoms with Gasteiger partial charge in [-0.3, -0.25) is 4.79 Å². The lowest BCUT2D eigenvalue weighted by molar-refractivity contribution is -0.142. The summed E-state index contributed by atoms with van der Waals surface area (Å²) in [6, 6.07) is 19.2. The third-order valence-electron chi connectivity index (χ3n) is 6.42. The predicted molar refractivity (Wildman–Crippen MR) is 130 cm³/mol. The van der Waals surface area contributed by atoms with Gasteiger partial charge in [0.15, 0.2) is 0 Å². The maximum absolute atomic E-state index is 13.0. The lowest BCUT2D eigenvalue weighted by Crippen LogP contribution is -2.29. The zero-order valence-electron chi connectivity index (χ0n) is 19.4. The minimum Gasteiger partial charge on any atom is -0.497 e. The van der Waals surface area contributed by atoms with Gasteiger partial charge in [-0.15, -0.1) is 0 Å². The van der Waals surface area contributed by atoms with Gasteiger partial charge in [-0.1, -0.05) is 30.3 Å². The van der Waals surface area contributed by atoms with Gasteiger partial charge in [0.2, 0.25) is 0 Å².